The number of esters is 1. The molecule has 2 atom stereocenters. The fourth-order valence-electron chi connectivity index (χ4n) is 3.24. The van der Waals surface area contributed by atoms with Crippen molar-refractivity contribution in [3.05, 3.63) is 57.1 Å². The molecule has 0 bridgehead atoms. The van der Waals surface area contributed by atoms with Gasteiger partial charge in [0.05, 0.1) is 27.4 Å². The molecule has 1 aliphatic rings. The number of carbonyl (C=O) groups is 1. The SMILES string of the molecule is COC(=O)[C@@H]1Cc2cc(OC)c(OC)cc2[C@H](c2ccc(Cl)cc2Cl)N1. The average molecular weight is 396 g/mol. The van der Waals surface area contributed by atoms with Crippen LogP contribution in [0.5, 0.6) is 11.5 Å². The first-order chi connectivity index (χ1) is 12.5. The highest BCUT2D eigenvalue weighted by atomic mass is 35.5. The average Bonchev–Trinajstić information content (AvgIpc) is 2.65. The lowest BCUT2D eigenvalue weighted by Gasteiger charge is -2.33. The first-order valence-corrected chi connectivity index (χ1v) is 8.77. The van der Waals surface area contributed by atoms with E-state index in [9.17, 15) is 4.79 Å². The van der Waals surface area contributed by atoms with E-state index in [0.717, 1.165) is 16.7 Å². The Labute approximate surface area is 162 Å². The lowest BCUT2D eigenvalue weighted by Crippen LogP contribution is -2.45. The van der Waals surface area contributed by atoms with Crippen molar-refractivity contribution in [1.82, 2.24) is 5.32 Å². The minimum absolute atomic E-state index is 0.313. The predicted octanol–water partition coefficient (Wildman–Crippen LogP) is 3.79. The molecule has 26 heavy (non-hydrogen) atoms. The van der Waals surface area contributed by atoms with Crippen molar-refractivity contribution in [3.8, 4) is 11.5 Å². The van der Waals surface area contributed by atoms with Gasteiger partial charge >= 0.3 is 5.97 Å². The van der Waals surface area contributed by atoms with E-state index in [1.165, 1.54) is 7.11 Å². The van der Waals surface area contributed by atoms with Gasteiger partial charge in [0.2, 0.25) is 0 Å². The van der Waals surface area contributed by atoms with Crippen LogP contribution in [0.2, 0.25) is 10.0 Å². The van der Waals surface area contributed by atoms with Gasteiger partial charge in [-0.25, -0.2) is 0 Å². The number of rotatable bonds is 4. The molecule has 7 heteroatoms. The van der Waals surface area contributed by atoms with Crippen LogP contribution in [0.4, 0.5) is 0 Å². The quantitative estimate of drug-likeness (QED) is 0.798. The van der Waals surface area contributed by atoms with E-state index in [1.807, 2.05) is 18.2 Å². The van der Waals surface area contributed by atoms with Gasteiger partial charge in [-0.1, -0.05) is 29.3 Å². The summed E-state index contributed by atoms with van der Waals surface area (Å²) >= 11 is 12.5. The molecular weight excluding hydrogens is 377 g/mol. The molecule has 2 aromatic rings. The maximum absolute atomic E-state index is 12.2. The Bertz CT molecular complexity index is 841. The van der Waals surface area contributed by atoms with Gasteiger partial charge in [0, 0.05) is 10.0 Å². The molecule has 1 aliphatic heterocycles. The molecule has 1 N–H and O–H groups in total. The number of hydrogen-bond donors (Lipinski definition) is 1. The van der Waals surface area contributed by atoms with E-state index in [0.29, 0.717) is 28.0 Å². The van der Waals surface area contributed by atoms with Crippen LogP contribution in [0.15, 0.2) is 30.3 Å². The normalized spacial score (nSPS) is 18.8. The fraction of sp³-hybridized carbons (Fsp3) is 0.316. The number of halogens is 2. The molecule has 0 radical (unpaired) electrons. The maximum Gasteiger partial charge on any atom is 0.323 e. The Morgan fingerprint density at radius 2 is 1.73 bits per heavy atom. The molecule has 0 unspecified atom stereocenters. The first-order valence-electron chi connectivity index (χ1n) is 8.02. The number of hydrogen-bond acceptors (Lipinski definition) is 5. The molecule has 0 aromatic heterocycles. The molecular formula is C19H19Cl2NO4. The minimum atomic E-state index is -0.498. The summed E-state index contributed by atoms with van der Waals surface area (Å²) in [5.74, 6) is 0.887. The summed E-state index contributed by atoms with van der Waals surface area (Å²) in [7, 11) is 4.54. The monoisotopic (exact) mass is 395 g/mol. The lowest BCUT2D eigenvalue weighted by atomic mass is 9.86. The van der Waals surface area contributed by atoms with Crippen LogP contribution in [0.25, 0.3) is 0 Å². The zero-order chi connectivity index (χ0) is 18.8. The van der Waals surface area contributed by atoms with Crippen molar-refractivity contribution in [2.24, 2.45) is 0 Å². The first kappa shape index (κ1) is 18.8. The standard InChI is InChI=1S/C19H19Cl2NO4/c1-24-16-7-10-6-15(19(23)26-3)22-18(13(10)9-17(16)25-2)12-5-4-11(20)8-14(12)21/h4-5,7-9,15,18,22H,6H2,1-3H3/t15-,18-/m0/s1. The van der Waals surface area contributed by atoms with E-state index in [2.05, 4.69) is 5.32 Å². The van der Waals surface area contributed by atoms with Crippen LogP contribution >= 0.6 is 23.2 Å². The third kappa shape index (κ3) is 3.47. The molecule has 1 heterocycles. The van der Waals surface area contributed by atoms with Gasteiger partial charge in [0.25, 0.3) is 0 Å². The Hall–Kier alpha value is -1.95. The van der Waals surface area contributed by atoms with Crippen LogP contribution < -0.4 is 14.8 Å². The molecule has 0 amide bonds. The number of fused-ring (bicyclic) bond motifs is 1. The largest absolute Gasteiger partial charge is 0.493 e. The van der Waals surface area contributed by atoms with Crippen LogP contribution in [-0.2, 0) is 16.0 Å². The van der Waals surface area contributed by atoms with Gasteiger partial charge in [-0.2, -0.15) is 0 Å². The molecule has 5 nitrogen and oxygen atoms in total. The molecule has 0 fully saturated rings. The predicted molar refractivity (Wildman–Crippen MR) is 100 cm³/mol. The Morgan fingerprint density at radius 1 is 1.04 bits per heavy atom. The second-order valence-electron chi connectivity index (χ2n) is 5.95. The van der Waals surface area contributed by atoms with E-state index < -0.39 is 6.04 Å². The van der Waals surface area contributed by atoms with Crippen LogP contribution in [0, 0.1) is 0 Å². The Morgan fingerprint density at radius 3 is 2.35 bits per heavy atom. The highest BCUT2D eigenvalue weighted by Gasteiger charge is 2.34. The Kier molecular flexibility index (Phi) is 5.61. The molecule has 0 saturated heterocycles. The minimum Gasteiger partial charge on any atom is -0.493 e. The summed E-state index contributed by atoms with van der Waals surface area (Å²) in [6, 6.07) is 8.29. The number of carbonyl (C=O) groups excluding carboxylic acids is 1. The summed E-state index contributed by atoms with van der Waals surface area (Å²) < 4.78 is 15.8. The van der Waals surface area contributed by atoms with Gasteiger partial charge in [-0.05, 0) is 47.4 Å². The third-order valence-electron chi connectivity index (χ3n) is 4.51. The zero-order valence-corrected chi connectivity index (χ0v) is 16.1. The third-order valence-corrected chi connectivity index (χ3v) is 5.07. The van der Waals surface area contributed by atoms with Crippen molar-refractivity contribution in [2.45, 2.75) is 18.5 Å². The smallest absolute Gasteiger partial charge is 0.323 e. The number of benzene rings is 2. The van der Waals surface area contributed by atoms with Crippen molar-refractivity contribution < 1.29 is 19.0 Å². The van der Waals surface area contributed by atoms with Gasteiger partial charge in [0.1, 0.15) is 6.04 Å². The van der Waals surface area contributed by atoms with E-state index in [4.69, 9.17) is 37.4 Å². The van der Waals surface area contributed by atoms with Crippen molar-refractivity contribution in [1.29, 1.82) is 0 Å². The summed E-state index contributed by atoms with van der Waals surface area (Å²) in [6.45, 7) is 0. The molecule has 138 valence electrons. The summed E-state index contributed by atoms with van der Waals surface area (Å²) in [4.78, 5) is 12.2. The van der Waals surface area contributed by atoms with E-state index >= 15 is 0 Å². The number of methoxy groups -OCH3 is 3. The van der Waals surface area contributed by atoms with Crippen molar-refractivity contribution in [3.63, 3.8) is 0 Å². The molecule has 2 aromatic carbocycles. The van der Waals surface area contributed by atoms with Gasteiger partial charge in [-0.3, -0.25) is 10.1 Å². The lowest BCUT2D eigenvalue weighted by molar-refractivity contribution is -0.143. The molecule has 3 rings (SSSR count). The fourth-order valence-corrected chi connectivity index (χ4v) is 3.76. The summed E-state index contributed by atoms with van der Waals surface area (Å²) in [5.41, 5.74) is 2.75. The van der Waals surface area contributed by atoms with E-state index in [-0.39, 0.29) is 12.0 Å². The maximum atomic E-state index is 12.2. The highest BCUT2D eigenvalue weighted by molar-refractivity contribution is 6.35. The number of ether oxygens (including phenoxy) is 3. The second-order valence-corrected chi connectivity index (χ2v) is 6.80. The van der Waals surface area contributed by atoms with Gasteiger partial charge in [-0.15, -0.1) is 0 Å². The zero-order valence-electron chi connectivity index (χ0n) is 14.6. The van der Waals surface area contributed by atoms with Crippen molar-refractivity contribution >= 4 is 29.2 Å². The van der Waals surface area contributed by atoms with Gasteiger partial charge in [0.15, 0.2) is 11.5 Å². The molecule has 0 spiro atoms. The van der Waals surface area contributed by atoms with Crippen molar-refractivity contribution in [2.75, 3.05) is 21.3 Å². The van der Waals surface area contributed by atoms with E-state index in [1.54, 1.807) is 26.4 Å². The van der Waals surface area contributed by atoms with Crippen LogP contribution in [0.3, 0.4) is 0 Å². The van der Waals surface area contributed by atoms with Crippen LogP contribution in [0.1, 0.15) is 22.7 Å². The summed E-state index contributed by atoms with van der Waals surface area (Å²) in [5, 5.41) is 4.39. The second kappa shape index (κ2) is 7.74. The van der Waals surface area contributed by atoms with Crippen LogP contribution in [-0.4, -0.2) is 33.3 Å². The van der Waals surface area contributed by atoms with Gasteiger partial charge < -0.3 is 14.2 Å². The highest BCUT2D eigenvalue weighted by Crippen LogP contribution is 2.40. The molecule has 0 saturated carbocycles. The topological polar surface area (TPSA) is 56.8 Å². The Balaban J connectivity index is 2.15. The number of nitrogens with one attached hydrogen (secondary N) is 1. The summed E-state index contributed by atoms with van der Waals surface area (Å²) in [6.07, 6.45) is 0.476. The molecule has 0 aliphatic carbocycles.